The van der Waals surface area contributed by atoms with Gasteiger partial charge in [-0.1, -0.05) is 18.2 Å². The van der Waals surface area contributed by atoms with E-state index in [1.54, 1.807) is 7.11 Å². The fourth-order valence-corrected chi connectivity index (χ4v) is 1.62. The highest BCUT2D eigenvalue weighted by Crippen LogP contribution is 2.21. The van der Waals surface area contributed by atoms with Gasteiger partial charge in [0.1, 0.15) is 0 Å². The molecule has 3 heteroatoms. The van der Waals surface area contributed by atoms with Crippen LogP contribution in [0.2, 0.25) is 0 Å². The fourth-order valence-electron chi connectivity index (χ4n) is 1.62. The van der Waals surface area contributed by atoms with Gasteiger partial charge in [0.25, 0.3) is 0 Å². The van der Waals surface area contributed by atoms with Crippen LogP contribution in [-0.2, 0) is 11.3 Å². The third kappa shape index (κ3) is 1.32. The van der Waals surface area contributed by atoms with E-state index in [1.807, 2.05) is 24.3 Å². The van der Waals surface area contributed by atoms with Crippen LogP contribution in [0.15, 0.2) is 24.3 Å². The molecule has 0 fully saturated rings. The summed E-state index contributed by atoms with van der Waals surface area (Å²) in [6.07, 6.45) is 0.828. The molecule has 0 saturated heterocycles. The Morgan fingerprint density at radius 1 is 1.43 bits per heavy atom. The van der Waals surface area contributed by atoms with E-state index >= 15 is 0 Å². The molecular formula is C11H11NO2. The van der Waals surface area contributed by atoms with E-state index in [-0.39, 0.29) is 0 Å². The number of aromatic nitrogens is 1. The molecule has 2 rings (SSSR count). The molecule has 14 heavy (non-hydrogen) atoms. The van der Waals surface area contributed by atoms with Gasteiger partial charge in [-0.15, -0.1) is 0 Å². The average Bonchev–Trinajstić information content (AvgIpc) is 2.58. The Morgan fingerprint density at radius 2 is 2.21 bits per heavy atom. The Labute approximate surface area is 81.7 Å². The molecule has 2 aromatic rings. The monoisotopic (exact) mass is 189 g/mol. The summed E-state index contributed by atoms with van der Waals surface area (Å²) in [5, 5.41) is 1.05. The summed E-state index contributed by atoms with van der Waals surface area (Å²) in [6.45, 7) is 0.456. The zero-order valence-electron chi connectivity index (χ0n) is 7.91. The molecule has 0 unspecified atom stereocenters. The lowest BCUT2D eigenvalue weighted by Crippen LogP contribution is -1.91. The first-order chi connectivity index (χ1) is 6.86. The molecule has 0 bridgehead atoms. The summed E-state index contributed by atoms with van der Waals surface area (Å²) in [5.41, 5.74) is 2.51. The van der Waals surface area contributed by atoms with Crippen LogP contribution in [0.25, 0.3) is 10.9 Å². The van der Waals surface area contributed by atoms with Crippen molar-refractivity contribution < 1.29 is 9.53 Å². The van der Waals surface area contributed by atoms with Gasteiger partial charge in [-0.25, -0.2) is 0 Å². The van der Waals surface area contributed by atoms with Crippen molar-refractivity contribution in [2.24, 2.45) is 0 Å². The lowest BCUT2D eigenvalue weighted by Gasteiger charge is -1.97. The lowest BCUT2D eigenvalue weighted by molar-refractivity contribution is 0.111. The maximum absolute atomic E-state index is 10.8. The van der Waals surface area contributed by atoms with Gasteiger partial charge in [-0.3, -0.25) is 4.79 Å². The van der Waals surface area contributed by atoms with Crippen LogP contribution in [0.1, 0.15) is 16.1 Å². The Balaban J connectivity index is 2.67. The number of fused-ring (bicyclic) bond motifs is 1. The van der Waals surface area contributed by atoms with Gasteiger partial charge in [-0.05, 0) is 6.07 Å². The zero-order valence-corrected chi connectivity index (χ0v) is 7.91. The van der Waals surface area contributed by atoms with Gasteiger partial charge in [0.05, 0.1) is 12.3 Å². The number of rotatable bonds is 3. The van der Waals surface area contributed by atoms with Gasteiger partial charge in [0, 0.05) is 23.6 Å². The summed E-state index contributed by atoms with van der Waals surface area (Å²) >= 11 is 0. The molecule has 72 valence electrons. The Hall–Kier alpha value is -1.61. The number of carbonyl (C=O) groups is 1. The normalized spacial score (nSPS) is 10.6. The largest absolute Gasteiger partial charge is 0.380 e. The van der Waals surface area contributed by atoms with Gasteiger partial charge in [0.2, 0.25) is 0 Å². The molecule has 0 radical (unpaired) electrons. The number of para-hydroxylation sites is 1. The van der Waals surface area contributed by atoms with E-state index in [9.17, 15) is 4.79 Å². The first kappa shape index (κ1) is 8.97. The fraction of sp³-hybridized carbons (Fsp3) is 0.182. The summed E-state index contributed by atoms with van der Waals surface area (Å²) < 4.78 is 5.06. The van der Waals surface area contributed by atoms with Crippen molar-refractivity contribution in [2.75, 3.05) is 7.11 Å². The zero-order chi connectivity index (χ0) is 9.97. The van der Waals surface area contributed by atoms with Crippen LogP contribution < -0.4 is 0 Å². The van der Waals surface area contributed by atoms with Crippen molar-refractivity contribution in [1.82, 2.24) is 4.98 Å². The van der Waals surface area contributed by atoms with E-state index in [4.69, 9.17) is 4.74 Å². The second kappa shape index (κ2) is 3.64. The second-order valence-electron chi connectivity index (χ2n) is 3.11. The van der Waals surface area contributed by atoms with Crippen molar-refractivity contribution in [2.45, 2.75) is 6.61 Å². The van der Waals surface area contributed by atoms with Crippen molar-refractivity contribution in [3.63, 3.8) is 0 Å². The summed E-state index contributed by atoms with van der Waals surface area (Å²) in [4.78, 5) is 13.8. The predicted molar refractivity (Wildman–Crippen MR) is 54.4 cm³/mol. The molecular weight excluding hydrogens is 178 g/mol. The molecule has 0 aliphatic rings. The number of nitrogens with one attached hydrogen (secondary N) is 1. The molecule has 3 nitrogen and oxygen atoms in total. The minimum Gasteiger partial charge on any atom is -0.380 e. The van der Waals surface area contributed by atoms with Gasteiger partial charge < -0.3 is 9.72 Å². The molecule has 0 amide bonds. The third-order valence-electron chi connectivity index (χ3n) is 2.25. The topological polar surface area (TPSA) is 42.1 Å². The van der Waals surface area contributed by atoms with Crippen LogP contribution in [0.5, 0.6) is 0 Å². The van der Waals surface area contributed by atoms with Gasteiger partial charge in [0.15, 0.2) is 6.29 Å². The molecule has 0 atom stereocenters. The maximum Gasteiger partial charge on any atom is 0.166 e. The molecule has 0 aliphatic heterocycles. The highest BCUT2D eigenvalue weighted by Gasteiger charge is 2.09. The highest BCUT2D eigenvalue weighted by atomic mass is 16.5. The van der Waals surface area contributed by atoms with Gasteiger partial charge >= 0.3 is 0 Å². The number of carbonyl (C=O) groups excluding carboxylic acids is 1. The quantitative estimate of drug-likeness (QED) is 0.751. The molecule has 0 spiro atoms. The van der Waals surface area contributed by atoms with Crippen molar-refractivity contribution in [3.8, 4) is 0 Å². The molecule has 1 aromatic carbocycles. The maximum atomic E-state index is 10.8. The SMILES string of the molecule is COCc1c(C=O)[nH]c2ccccc12. The minimum absolute atomic E-state index is 0.456. The number of aldehydes is 1. The van der Waals surface area contributed by atoms with Gasteiger partial charge in [-0.2, -0.15) is 0 Å². The smallest absolute Gasteiger partial charge is 0.166 e. The Bertz CT molecular complexity index is 459. The van der Waals surface area contributed by atoms with Crippen LogP contribution in [0.4, 0.5) is 0 Å². The Morgan fingerprint density at radius 3 is 2.93 bits per heavy atom. The Kier molecular flexibility index (Phi) is 2.33. The molecule has 1 heterocycles. The second-order valence-corrected chi connectivity index (χ2v) is 3.11. The van der Waals surface area contributed by atoms with E-state index in [1.165, 1.54) is 0 Å². The van der Waals surface area contributed by atoms with E-state index in [2.05, 4.69) is 4.98 Å². The van der Waals surface area contributed by atoms with E-state index < -0.39 is 0 Å². The molecule has 1 N–H and O–H groups in total. The number of aromatic amines is 1. The van der Waals surface area contributed by atoms with Crippen LogP contribution >= 0.6 is 0 Å². The summed E-state index contributed by atoms with van der Waals surface area (Å²) in [7, 11) is 1.62. The van der Waals surface area contributed by atoms with Crippen molar-refractivity contribution in [1.29, 1.82) is 0 Å². The first-order valence-corrected chi connectivity index (χ1v) is 4.40. The minimum atomic E-state index is 0.456. The highest BCUT2D eigenvalue weighted by molar-refractivity contribution is 5.92. The number of benzene rings is 1. The van der Waals surface area contributed by atoms with E-state index in [0.29, 0.717) is 12.3 Å². The van der Waals surface area contributed by atoms with Crippen LogP contribution in [0, 0.1) is 0 Å². The van der Waals surface area contributed by atoms with Crippen LogP contribution in [0.3, 0.4) is 0 Å². The average molecular weight is 189 g/mol. The number of H-pyrrole nitrogens is 1. The predicted octanol–water partition coefficient (Wildman–Crippen LogP) is 2.13. The summed E-state index contributed by atoms with van der Waals surface area (Å²) in [5.74, 6) is 0. The van der Waals surface area contributed by atoms with Crippen LogP contribution in [-0.4, -0.2) is 18.4 Å². The van der Waals surface area contributed by atoms with E-state index in [0.717, 1.165) is 22.8 Å². The number of hydrogen-bond donors (Lipinski definition) is 1. The van der Waals surface area contributed by atoms with Crippen molar-refractivity contribution in [3.05, 3.63) is 35.5 Å². The molecule has 0 saturated carbocycles. The molecule has 0 aliphatic carbocycles. The number of methoxy groups -OCH3 is 1. The standard InChI is InChI=1S/C11H11NO2/c1-14-7-9-8-4-2-3-5-10(8)12-11(9)6-13/h2-6,12H,7H2,1H3. The van der Waals surface area contributed by atoms with Crippen molar-refractivity contribution >= 4 is 17.2 Å². The summed E-state index contributed by atoms with van der Waals surface area (Å²) in [6, 6.07) is 7.81. The number of hydrogen-bond acceptors (Lipinski definition) is 2. The lowest BCUT2D eigenvalue weighted by atomic mass is 10.1. The third-order valence-corrected chi connectivity index (χ3v) is 2.25. The molecule has 1 aromatic heterocycles. The number of ether oxygens (including phenoxy) is 1. The first-order valence-electron chi connectivity index (χ1n) is 4.40.